The van der Waals surface area contributed by atoms with Gasteiger partial charge in [0.15, 0.2) is 0 Å². The van der Waals surface area contributed by atoms with Crippen LogP contribution in [0.25, 0.3) is 0 Å². The largest absolute Gasteiger partial charge is 0.354 e. The first kappa shape index (κ1) is 19.4. The summed E-state index contributed by atoms with van der Waals surface area (Å²) in [5.41, 5.74) is 5.68. The maximum Gasteiger partial charge on any atom is 0.239 e. The monoisotopic (exact) mass is 326 g/mol. The Hall–Kier alpha value is -1.63. The molecule has 0 spiro atoms. The van der Waals surface area contributed by atoms with Gasteiger partial charge in [-0.25, -0.2) is 0 Å². The van der Waals surface area contributed by atoms with Crippen molar-refractivity contribution in [2.75, 3.05) is 13.1 Å². The molecule has 0 aromatic rings. The van der Waals surface area contributed by atoms with Crippen LogP contribution in [0.4, 0.5) is 0 Å². The Balaban J connectivity index is 2.11. The number of amides is 3. The average molecular weight is 326 g/mol. The quantitative estimate of drug-likeness (QED) is 0.504. The maximum atomic E-state index is 11.8. The fourth-order valence-corrected chi connectivity index (χ4v) is 2.51. The molecule has 0 aromatic carbocycles. The number of nitrogens with one attached hydrogen (secondary N) is 3. The summed E-state index contributed by atoms with van der Waals surface area (Å²) in [5, 5.41) is 8.10. The van der Waals surface area contributed by atoms with Crippen LogP contribution in [0, 0.1) is 5.92 Å². The summed E-state index contributed by atoms with van der Waals surface area (Å²) in [6.45, 7) is 3.83. The highest BCUT2D eigenvalue weighted by Gasteiger charge is 2.18. The topological polar surface area (TPSA) is 113 Å². The number of nitrogens with two attached hydrogens (primary N) is 1. The van der Waals surface area contributed by atoms with Gasteiger partial charge in [0.2, 0.25) is 17.7 Å². The second-order valence-corrected chi connectivity index (χ2v) is 6.49. The Morgan fingerprint density at radius 1 is 1.04 bits per heavy atom. The first-order chi connectivity index (χ1) is 10.9. The van der Waals surface area contributed by atoms with Gasteiger partial charge in [0.05, 0.1) is 12.6 Å². The molecule has 0 radical (unpaired) electrons. The lowest BCUT2D eigenvalue weighted by Crippen LogP contribution is -2.47. The van der Waals surface area contributed by atoms with Gasteiger partial charge >= 0.3 is 0 Å². The van der Waals surface area contributed by atoms with Gasteiger partial charge in [-0.1, -0.05) is 33.1 Å². The van der Waals surface area contributed by atoms with Crippen molar-refractivity contribution in [3.63, 3.8) is 0 Å². The molecule has 0 heterocycles. The van der Waals surface area contributed by atoms with Crippen LogP contribution in [-0.4, -0.2) is 42.9 Å². The SMILES string of the molecule is CC(C)[C@H](N)C(=O)NCC(=O)NCCC(=O)NC1CCCCC1. The summed E-state index contributed by atoms with van der Waals surface area (Å²) in [7, 11) is 0. The normalized spacial score (nSPS) is 16.7. The van der Waals surface area contributed by atoms with E-state index in [1.165, 1.54) is 19.3 Å². The molecule has 0 unspecified atom stereocenters. The molecule has 1 saturated carbocycles. The minimum atomic E-state index is -0.621. The van der Waals surface area contributed by atoms with E-state index in [1.807, 2.05) is 13.8 Å². The highest BCUT2D eigenvalue weighted by Crippen LogP contribution is 2.17. The van der Waals surface area contributed by atoms with E-state index in [4.69, 9.17) is 5.73 Å². The van der Waals surface area contributed by atoms with Gasteiger partial charge in [0, 0.05) is 19.0 Å². The number of hydrogen-bond donors (Lipinski definition) is 4. The maximum absolute atomic E-state index is 11.8. The third-order valence-corrected chi connectivity index (χ3v) is 4.09. The number of carbonyl (C=O) groups excluding carboxylic acids is 3. The van der Waals surface area contributed by atoms with Crippen LogP contribution < -0.4 is 21.7 Å². The smallest absolute Gasteiger partial charge is 0.239 e. The summed E-state index contributed by atoms with van der Waals surface area (Å²) in [4.78, 5) is 35.0. The molecule has 23 heavy (non-hydrogen) atoms. The van der Waals surface area contributed by atoms with Gasteiger partial charge in [-0.05, 0) is 18.8 Å². The molecule has 0 aromatic heterocycles. The first-order valence-electron chi connectivity index (χ1n) is 8.49. The molecule has 1 atom stereocenters. The Kier molecular flexibility index (Phi) is 8.61. The van der Waals surface area contributed by atoms with E-state index >= 15 is 0 Å². The van der Waals surface area contributed by atoms with Crippen molar-refractivity contribution in [2.45, 2.75) is 64.5 Å². The Bertz CT molecular complexity index is 406. The lowest BCUT2D eigenvalue weighted by molar-refractivity contribution is -0.127. The predicted molar refractivity (Wildman–Crippen MR) is 88.5 cm³/mol. The second-order valence-electron chi connectivity index (χ2n) is 6.49. The fraction of sp³-hybridized carbons (Fsp3) is 0.812. The minimum absolute atomic E-state index is 0.0153. The zero-order valence-corrected chi connectivity index (χ0v) is 14.2. The highest BCUT2D eigenvalue weighted by atomic mass is 16.2. The molecule has 1 aliphatic carbocycles. The summed E-state index contributed by atoms with van der Waals surface area (Å²) in [6.07, 6.45) is 5.91. The van der Waals surface area contributed by atoms with E-state index in [9.17, 15) is 14.4 Å². The van der Waals surface area contributed by atoms with E-state index in [2.05, 4.69) is 16.0 Å². The van der Waals surface area contributed by atoms with Crippen molar-refractivity contribution in [2.24, 2.45) is 11.7 Å². The summed E-state index contributed by atoms with van der Waals surface area (Å²) in [6, 6.07) is -0.340. The molecule has 0 saturated heterocycles. The second kappa shape index (κ2) is 10.2. The third-order valence-electron chi connectivity index (χ3n) is 4.09. The van der Waals surface area contributed by atoms with Crippen LogP contribution in [-0.2, 0) is 14.4 Å². The van der Waals surface area contributed by atoms with E-state index in [0.717, 1.165) is 12.8 Å². The Labute approximate surface area is 138 Å². The Morgan fingerprint density at radius 2 is 1.70 bits per heavy atom. The fourth-order valence-electron chi connectivity index (χ4n) is 2.51. The van der Waals surface area contributed by atoms with E-state index in [0.29, 0.717) is 0 Å². The molecule has 7 heteroatoms. The molecule has 5 N–H and O–H groups in total. The molecule has 0 aliphatic heterocycles. The molecular weight excluding hydrogens is 296 g/mol. The third kappa shape index (κ3) is 7.97. The van der Waals surface area contributed by atoms with Crippen molar-refractivity contribution in [1.29, 1.82) is 0 Å². The summed E-state index contributed by atoms with van der Waals surface area (Å²) >= 11 is 0. The van der Waals surface area contributed by atoms with Gasteiger partial charge in [0.1, 0.15) is 0 Å². The number of hydrogen-bond acceptors (Lipinski definition) is 4. The molecule has 0 bridgehead atoms. The standard InChI is InChI=1S/C16H30N4O3/c1-11(2)15(17)16(23)19-10-14(22)18-9-8-13(21)20-12-6-4-3-5-7-12/h11-12,15H,3-10,17H2,1-2H3,(H,18,22)(H,19,23)(H,20,21)/t15-/m0/s1. The first-order valence-corrected chi connectivity index (χ1v) is 8.49. The highest BCUT2D eigenvalue weighted by molar-refractivity contribution is 5.87. The molecule has 7 nitrogen and oxygen atoms in total. The summed E-state index contributed by atoms with van der Waals surface area (Å²) in [5.74, 6) is -0.686. The van der Waals surface area contributed by atoms with Gasteiger partial charge in [-0.15, -0.1) is 0 Å². The van der Waals surface area contributed by atoms with E-state index in [1.54, 1.807) is 0 Å². The molecule has 1 rings (SSSR count). The lowest BCUT2D eigenvalue weighted by atomic mass is 9.95. The van der Waals surface area contributed by atoms with Crippen molar-refractivity contribution in [3.05, 3.63) is 0 Å². The van der Waals surface area contributed by atoms with Crippen LogP contribution in [0.1, 0.15) is 52.4 Å². The van der Waals surface area contributed by atoms with Crippen molar-refractivity contribution in [3.8, 4) is 0 Å². The van der Waals surface area contributed by atoms with Crippen molar-refractivity contribution < 1.29 is 14.4 Å². The molecule has 1 aliphatic rings. The number of carbonyl (C=O) groups is 3. The van der Waals surface area contributed by atoms with Crippen LogP contribution in [0.5, 0.6) is 0 Å². The molecule has 132 valence electrons. The zero-order chi connectivity index (χ0) is 17.2. The van der Waals surface area contributed by atoms with Crippen LogP contribution in [0.2, 0.25) is 0 Å². The Morgan fingerprint density at radius 3 is 2.30 bits per heavy atom. The summed E-state index contributed by atoms with van der Waals surface area (Å²) < 4.78 is 0. The number of rotatable bonds is 8. The van der Waals surface area contributed by atoms with Gasteiger partial charge < -0.3 is 21.7 Å². The lowest BCUT2D eigenvalue weighted by Gasteiger charge is -2.22. The minimum Gasteiger partial charge on any atom is -0.354 e. The van der Waals surface area contributed by atoms with Gasteiger partial charge in [-0.3, -0.25) is 14.4 Å². The average Bonchev–Trinajstić information content (AvgIpc) is 2.52. The van der Waals surface area contributed by atoms with E-state index in [-0.39, 0.29) is 49.2 Å². The predicted octanol–water partition coefficient (Wildman–Crippen LogP) is 0.0411. The molecule has 3 amide bonds. The van der Waals surface area contributed by atoms with Crippen molar-refractivity contribution in [1.82, 2.24) is 16.0 Å². The zero-order valence-electron chi connectivity index (χ0n) is 14.2. The van der Waals surface area contributed by atoms with Crippen LogP contribution in [0.15, 0.2) is 0 Å². The van der Waals surface area contributed by atoms with Crippen LogP contribution in [0.3, 0.4) is 0 Å². The van der Waals surface area contributed by atoms with Gasteiger partial charge in [-0.2, -0.15) is 0 Å². The van der Waals surface area contributed by atoms with E-state index < -0.39 is 6.04 Å². The molecule has 1 fully saturated rings. The van der Waals surface area contributed by atoms with Crippen LogP contribution >= 0.6 is 0 Å². The van der Waals surface area contributed by atoms with Crippen molar-refractivity contribution >= 4 is 17.7 Å². The van der Waals surface area contributed by atoms with Gasteiger partial charge in [0.25, 0.3) is 0 Å². The molecular formula is C16H30N4O3.